The average molecular weight is 325 g/mol. The molecule has 5 nitrogen and oxygen atoms in total. The number of carbonyl (C=O) groups excluding carboxylic acids is 1. The Morgan fingerprint density at radius 1 is 1.24 bits per heavy atom. The van der Waals surface area contributed by atoms with Gasteiger partial charge in [0, 0.05) is 44.5 Å². The highest BCUT2D eigenvalue weighted by molar-refractivity contribution is 6.17. The second-order valence-electron chi connectivity index (χ2n) is 4.17. The zero-order valence-corrected chi connectivity index (χ0v) is 12.2. The molecule has 1 aliphatic heterocycles. The first-order chi connectivity index (χ1) is 9.92. The number of carbonyl (C=O) groups is 1. The van der Waals surface area contributed by atoms with E-state index in [0.717, 1.165) is 24.7 Å². The van der Waals surface area contributed by atoms with Gasteiger partial charge in [0.2, 0.25) is 12.4 Å². The Hall–Kier alpha value is -1.57. The van der Waals surface area contributed by atoms with Crippen LogP contribution >= 0.6 is 11.6 Å². The number of nitrogens with zero attached hydrogens (tertiary/aromatic N) is 4. The third-order valence-corrected chi connectivity index (χ3v) is 2.71. The molecule has 0 radical (unpaired) electrons. The van der Waals surface area contributed by atoms with E-state index in [1.807, 2.05) is 6.92 Å². The first-order valence-corrected chi connectivity index (χ1v) is 6.85. The number of hydrogen-bond acceptors (Lipinski definition) is 4. The Morgan fingerprint density at radius 3 is 2.10 bits per heavy atom. The lowest BCUT2D eigenvalue weighted by Gasteiger charge is -2.32. The normalized spacial score (nSPS) is 15.3. The fourth-order valence-electron chi connectivity index (χ4n) is 1.66. The highest BCUT2D eigenvalue weighted by atomic mass is 35.5. The zero-order chi connectivity index (χ0) is 15.9. The van der Waals surface area contributed by atoms with Gasteiger partial charge in [0.05, 0.1) is 5.56 Å². The molecule has 0 bridgehead atoms. The summed E-state index contributed by atoms with van der Waals surface area (Å²) in [5.74, 6) is 0.980. The van der Waals surface area contributed by atoms with Gasteiger partial charge < -0.3 is 9.80 Å². The molecule has 1 aromatic rings. The van der Waals surface area contributed by atoms with Gasteiger partial charge in [0.15, 0.2) is 0 Å². The molecule has 2 rings (SSSR count). The number of alkyl halides is 4. The van der Waals surface area contributed by atoms with Gasteiger partial charge in [-0.05, 0) is 0 Å². The van der Waals surface area contributed by atoms with Gasteiger partial charge in [0.25, 0.3) is 0 Å². The summed E-state index contributed by atoms with van der Waals surface area (Å²) in [5, 5.41) is 0. The molecule has 1 amide bonds. The van der Waals surface area contributed by atoms with Gasteiger partial charge in [0.1, 0.15) is 0 Å². The fraction of sp³-hybridized carbons (Fsp3) is 0.583. The Kier molecular flexibility index (Phi) is 6.67. The minimum absolute atomic E-state index is 0.258. The molecule has 0 unspecified atom stereocenters. The van der Waals surface area contributed by atoms with Crippen molar-refractivity contribution in [3.8, 4) is 0 Å². The quantitative estimate of drug-likeness (QED) is 0.617. The predicted molar refractivity (Wildman–Crippen MR) is 73.3 cm³/mol. The SMILES string of the molecule is CCCl.O=CN1CCN(c2ncc(C(F)(F)F)cn2)CC1. The van der Waals surface area contributed by atoms with Crippen LogP contribution in [0.3, 0.4) is 0 Å². The van der Waals surface area contributed by atoms with Crippen LogP contribution in [0.2, 0.25) is 0 Å². The minimum Gasteiger partial charge on any atom is -0.342 e. The minimum atomic E-state index is -4.42. The van der Waals surface area contributed by atoms with Crippen LogP contribution < -0.4 is 4.90 Å². The lowest BCUT2D eigenvalue weighted by Crippen LogP contribution is -2.46. The molecular weight excluding hydrogens is 309 g/mol. The van der Waals surface area contributed by atoms with E-state index < -0.39 is 11.7 Å². The molecule has 0 spiro atoms. The molecule has 1 saturated heterocycles. The molecule has 0 saturated carbocycles. The number of aromatic nitrogens is 2. The van der Waals surface area contributed by atoms with Crippen LogP contribution in [0.5, 0.6) is 0 Å². The van der Waals surface area contributed by atoms with Crippen LogP contribution in [0.4, 0.5) is 19.1 Å². The molecule has 9 heteroatoms. The second kappa shape index (κ2) is 8.02. The molecule has 1 aliphatic rings. The Morgan fingerprint density at radius 2 is 1.71 bits per heavy atom. The van der Waals surface area contributed by atoms with Crippen molar-refractivity contribution in [2.75, 3.05) is 37.0 Å². The number of anilines is 1. The predicted octanol–water partition coefficient (Wildman–Crippen LogP) is 2.02. The topological polar surface area (TPSA) is 49.3 Å². The third kappa shape index (κ3) is 5.37. The summed E-state index contributed by atoms with van der Waals surface area (Å²) in [6.07, 6.45) is -2.12. The number of amides is 1. The highest BCUT2D eigenvalue weighted by Crippen LogP contribution is 2.28. The van der Waals surface area contributed by atoms with Gasteiger partial charge in [-0.15, -0.1) is 11.6 Å². The Labute approximate surface area is 125 Å². The zero-order valence-electron chi connectivity index (χ0n) is 11.5. The van der Waals surface area contributed by atoms with E-state index in [-0.39, 0.29) is 5.95 Å². The maximum absolute atomic E-state index is 12.3. The van der Waals surface area contributed by atoms with E-state index in [1.165, 1.54) is 0 Å². The van der Waals surface area contributed by atoms with Crippen LogP contribution in [-0.4, -0.2) is 53.3 Å². The van der Waals surface area contributed by atoms with Gasteiger partial charge in [-0.25, -0.2) is 9.97 Å². The van der Waals surface area contributed by atoms with E-state index >= 15 is 0 Å². The van der Waals surface area contributed by atoms with Crippen molar-refractivity contribution in [3.05, 3.63) is 18.0 Å². The lowest BCUT2D eigenvalue weighted by molar-refractivity contribution is -0.138. The van der Waals surface area contributed by atoms with Crippen LogP contribution in [0.15, 0.2) is 12.4 Å². The van der Waals surface area contributed by atoms with Gasteiger partial charge >= 0.3 is 6.18 Å². The van der Waals surface area contributed by atoms with Gasteiger partial charge in [-0.1, -0.05) is 6.92 Å². The molecule has 1 aromatic heterocycles. The maximum atomic E-state index is 12.3. The van der Waals surface area contributed by atoms with Crippen LogP contribution in [0, 0.1) is 0 Å². The number of piperazine rings is 1. The van der Waals surface area contributed by atoms with E-state index in [4.69, 9.17) is 11.6 Å². The van der Waals surface area contributed by atoms with Crippen molar-refractivity contribution < 1.29 is 18.0 Å². The summed E-state index contributed by atoms with van der Waals surface area (Å²) in [6, 6.07) is 0. The molecule has 0 N–H and O–H groups in total. The highest BCUT2D eigenvalue weighted by Gasteiger charge is 2.31. The summed E-state index contributed by atoms with van der Waals surface area (Å²) < 4.78 is 37.0. The Bertz CT molecular complexity index is 433. The molecule has 1 fully saturated rings. The van der Waals surface area contributed by atoms with Crippen molar-refractivity contribution in [2.24, 2.45) is 0 Å². The molecule has 2 heterocycles. The van der Waals surface area contributed by atoms with Crippen molar-refractivity contribution in [1.29, 1.82) is 0 Å². The largest absolute Gasteiger partial charge is 0.419 e. The van der Waals surface area contributed by atoms with E-state index in [2.05, 4.69) is 9.97 Å². The van der Waals surface area contributed by atoms with Crippen LogP contribution in [0.1, 0.15) is 12.5 Å². The van der Waals surface area contributed by atoms with E-state index in [1.54, 1.807) is 9.80 Å². The fourth-order valence-corrected chi connectivity index (χ4v) is 1.66. The Balaban J connectivity index is 0.000000677. The number of rotatable bonds is 2. The molecule has 0 aliphatic carbocycles. The smallest absolute Gasteiger partial charge is 0.342 e. The van der Waals surface area contributed by atoms with Gasteiger partial charge in [-0.2, -0.15) is 13.2 Å². The van der Waals surface area contributed by atoms with E-state index in [9.17, 15) is 18.0 Å². The van der Waals surface area contributed by atoms with Crippen molar-refractivity contribution in [2.45, 2.75) is 13.1 Å². The summed E-state index contributed by atoms with van der Waals surface area (Å²) in [5.41, 5.74) is -0.863. The number of hydrogen-bond donors (Lipinski definition) is 0. The van der Waals surface area contributed by atoms with Gasteiger partial charge in [-0.3, -0.25) is 4.79 Å². The monoisotopic (exact) mass is 324 g/mol. The first-order valence-electron chi connectivity index (χ1n) is 6.31. The molecule has 0 aromatic carbocycles. The molecular formula is C12H16ClF3N4O. The van der Waals surface area contributed by atoms with Crippen LogP contribution in [-0.2, 0) is 11.0 Å². The molecule has 0 atom stereocenters. The van der Waals surface area contributed by atoms with Crippen molar-refractivity contribution in [3.63, 3.8) is 0 Å². The third-order valence-electron chi connectivity index (χ3n) is 2.71. The summed E-state index contributed by atoms with van der Waals surface area (Å²) >= 11 is 5.00. The molecule has 21 heavy (non-hydrogen) atoms. The van der Waals surface area contributed by atoms with E-state index in [0.29, 0.717) is 26.2 Å². The summed E-state index contributed by atoms with van der Waals surface area (Å²) in [7, 11) is 0. The maximum Gasteiger partial charge on any atom is 0.419 e. The van der Waals surface area contributed by atoms with Crippen LogP contribution in [0.25, 0.3) is 0 Å². The lowest BCUT2D eigenvalue weighted by atomic mass is 10.3. The second-order valence-corrected chi connectivity index (χ2v) is 4.70. The molecule has 118 valence electrons. The number of halogens is 4. The average Bonchev–Trinajstić information content (AvgIpc) is 2.47. The standard InChI is InChI=1S/C10H11F3N4O.C2H5Cl/c11-10(12,13)8-5-14-9(15-6-8)17-3-1-16(7-18)2-4-17;1-2-3/h5-7H,1-4H2;2H2,1H3. The van der Waals surface area contributed by atoms with Crippen molar-refractivity contribution in [1.82, 2.24) is 14.9 Å². The summed E-state index contributed by atoms with van der Waals surface area (Å²) in [4.78, 5) is 21.3. The van der Waals surface area contributed by atoms with Crippen molar-refractivity contribution >= 4 is 24.0 Å². The summed E-state index contributed by atoms with van der Waals surface area (Å²) in [6.45, 7) is 3.97. The first kappa shape index (κ1) is 17.5.